The molecule has 4 aromatic rings. The minimum absolute atomic E-state index is 0.0811. The van der Waals surface area contributed by atoms with Crippen molar-refractivity contribution in [2.24, 2.45) is 0 Å². The molecule has 150 valence electrons. The fourth-order valence-electron chi connectivity index (χ4n) is 4.62. The minimum atomic E-state index is -0.165. The molecule has 0 atom stereocenters. The van der Waals surface area contributed by atoms with E-state index in [0.717, 1.165) is 22.2 Å². The molecular weight excluding hydrogens is 366 g/mol. The van der Waals surface area contributed by atoms with Crippen molar-refractivity contribution in [3.8, 4) is 11.1 Å². The van der Waals surface area contributed by atoms with E-state index < -0.39 is 0 Å². The normalized spacial score (nSPS) is 15.5. The second kappa shape index (κ2) is 7.48. The molecule has 1 aliphatic carbocycles. The Labute approximate surface area is 168 Å². The number of aliphatic hydroxyl groups is 1. The van der Waals surface area contributed by atoms with Gasteiger partial charge < -0.3 is 19.2 Å². The Bertz CT molecular complexity index is 1210. The van der Waals surface area contributed by atoms with E-state index in [1.807, 2.05) is 17.1 Å². The lowest BCUT2D eigenvalue weighted by molar-refractivity contribution is 0.280. The summed E-state index contributed by atoms with van der Waals surface area (Å²) in [6.45, 7) is 0.651. The van der Waals surface area contributed by atoms with Crippen LogP contribution in [0, 0.1) is 0 Å². The summed E-state index contributed by atoms with van der Waals surface area (Å²) in [7, 11) is 0. The van der Waals surface area contributed by atoms with Crippen molar-refractivity contribution in [2.75, 3.05) is 6.61 Å². The smallest absolute Gasteiger partial charge is 0.275 e. The highest BCUT2D eigenvalue weighted by Crippen LogP contribution is 2.33. The molecule has 0 saturated heterocycles. The van der Waals surface area contributed by atoms with Crippen LogP contribution < -0.4 is 5.56 Å². The molecule has 0 bridgehead atoms. The van der Waals surface area contributed by atoms with E-state index >= 15 is 0 Å². The molecule has 29 heavy (non-hydrogen) atoms. The van der Waals surface area contributed by atoms with E-state index in [0.29, 0.717) is 30.0 Å². The molecule has 3 heterocycles. The van der Waals surface area contributed by atoms with Crippen LogP contribution in [-0.2, 0) is 6.54 Å². The maximum atomic E-state index is 12.4. The Balaban J connectivity index is 1.60. The Hall–Kier alpha value is -2.93. The number of H-pyrrole nitrogens is 1. The predicted octanol–water partition coefficient (Wildman–Crippen LogP) is 3.63. The van der Waals surface area contributed by atoms with Crippen molar-refractivity contribution in [3.05, 3.63) is 47.4 Å². The number of hydrogen-bond donors (Lipinski definition) is 2. The average molecular weight is 391 g/mol. The van der Waals surface area contributed by atoms with Gasteiger partial charge in [-0.25, -0.2) is 9.97 Å². The highest BCUT2D eigenvalue weighted by Gasteiger charge is 2.19. The number of aryl methyl sites for hydroxylation is 1. The van der Waals surface area contributed by atoms with Crippen LogP contribution in [0.5, 0.6) is 0 Å². The second-order valence-electron chi connectivity index (χ2n) is 7.89. The number of aromatic nitrogens is 5. The van der Waals surface area contributed by atoms with E-state index in [9.17, 15) is 9.90 Å². The van der Waals surface area contributed by atoms with Gasteiger partial charge in [-0.1, -0.05) is 25.3 Å². The zero-order chi connectivity index (χ0) is 19.8. The monoisotopic (exact) mass is 391 g/mol. The first-order chi connectivity index (χ1) is 14.3. The van der Waals surface area contributed by atoms with Gasteiger partial charge in [0.1, 0.15) is 11.0 Å². The molecule has 0 unspecified atom stereocenters. The Kier molecular flexibility index (Phi) is 4.67. The van der Waals surface area contributed by atoms with Crippen molar-refractivity contribution < 1.29 is 5.11 Å². The lowest BCUT2D eigenvalue weighted by Gasteiger charge is -2.23. The van der Waals surface area contributed by atoms with Crippen molar-refractivity contribution >= 4 is 22.1 Å². The number of nitrogens with one attached hydrogen (secondary N) is 1. The molecule has 0 amide bonds. The fraction of sp³-hybridized carbons (Fsp3) is 0.409. The van der Waals surface area contributed by atoms with Crippen LogP contribution in [0.3, 0.4) is 0 Å². The van der Waals surface area contributed by atoms with Gasteiger partial charge in [-0.05, 0) is 37.0 Å². The molecule has 1 aromatic carbocycles. The lowest BCUT2D eigenvalue weighted by atomic mass is 9.95. The molecule has 1 fully saturated rings. The van der Waals surface area contributed by atoms with Gasteiger partial charge in [0.2, 0.25) is 0 Å². The van der Waals surface area contributed by atoms with Crippen LogP contribution in [0.4, 0.5) is 0 Å². The third-order valence-corrected chi connectivity index (χ3v) is 6.07. The summed E-state index contributed by atoms with van der Waals surface area (Å²) in [4.78, 5) is 24.2. The Morgan fingerprint density at radius 2 is 2.03 bits per heavy atom. The second-order valence-corrected chi connectivity index (χ2v) is 7.89. The molecule has 1 aliphatic rings. The maximum absolute atomic E-state index is 12.4. The summed E-state index contributed by atoms with van der Waals surface area (Å²) in [5, 5.41) is 9.20. The third-order valence-electron chi connectivity index (χ3n) is 6.07. The molecular formula is C22H25N5O2. The molecule has 7 nitrogen and oxygen atoms in total. The number of aliphatic hydroxyl groups excluding tert-OH is 1. The summed E-state index contributed by atoms with van der Waals surface area (Å²) in [6.07, 6.45) is 12.3. The number of aromatic amines is 1. The van der Waals surface area contributed by atoms with Crippen molar-refractivity contribution in [3.63, 3.8) is 0 Å². The number of fused-ring (bicyclic) bond motifs is 2. The fourth-order valence-corrected chi connectivity index (χ4v) is 4.62. The van der Waals surface area contributed by atoms with Crippen molar-refractivity contribution in [1.29, 1.82) is 0 Å². The highest BCUT2D eigenvalue weighted by atomic mass is 16.3. The summed E-state index contributed by atoms with van der Waals surface area (Å²) in [5.74, 6) is 0. The number of hydrogen-bond acceptors (Lipinski definition) is 4. The molecule has 0 spiro atoms. The zero-order valence-electron chi connectivity index (χ0n) is 16.3. The molecule has 2 N–H and O–H groups in total. The molecule has 0 radical (unpaired) electrons. The van der Waals surface area contributed by atoms with Crippen LogP contribution in [0.1, 0.15) is 44.6 Å². The topological polar surface area (TPSA) is 88.7 Å². The summed E-state index contributed by atoms with van der Waals surface area (Å²) in [6, 6.07) is 6.86. The van der Waals surface area contributed by atoms with E-state index in [1.165, 1.54) is 38.4 Å². The van der Waals surface area contributed by atoms with Gasteiger partial charge in [-0.15, -0.1) is 0 Å². The minimum Gasteiger partial charge on any atom is -0.396 e. The Morgan fingerprint density at radius 3 is 2.86 bits per heavy atom. The molecule has 0 aliphatic heterocycles. The van der Waals surface area contributed by atoms with Gasteiger partial charge in [0.15, 0.2) is 0 Å². The van der Waals surface area contributed by atoms with Gasteiger partial charge in [-0.2, -0.15) is 0 Å². The highest BCUT2D eigenvalue weighted by molar-refractivity contribution is 5.94. The van der Waals surface area contributed by atoms with Crippen LogP contribution in [0.15, 0.2) is 41.8 Å². The van der Waals surface area contributed by atoms with Gasteiger partial charge in [-0.3, -0.25) is 4.79 Å². The average Bonchev–Trinajstić information content (AvgIpc) is 3.35. The number of nitrogens with zero attached hydrogens (tertiary/aromatic N) is 4. The van der Waals surface area contributed by atoms with Crippen LogP contribution >= 0.6 is 0 Å². The first-order valence-electron chi connectivity index (χ1n) is 10.4. The van der Waals surface area contributed by atoms with E-state index in [-0.39, 0.29) is 12.2 Å². The maximum Gasteiger partial charge on any atom is 0.275 e. The molecule has 5 rings (SSSR count). The first kappa shape index (κ1) is 18.1. The van der Waals surface area contributed by atoms with Crippen molar-refractivity contribution in [1.82, 2.24) is 24.1 Å². The quantitative estimate of drug-likeness (QED) is 0.544. The number of rotatable bonds is 5. The van der Waals surface area contributed by atoms with Gasteiger partial charge in [0.05, 0.1) is 23.7 Å². The molecule has 7 heteroatoms. The molecule has 1 saturated carbocycles. The first-order valence-corrected chi connectivity index (χ1v) is 10.4. The van der Waals surface area contributed by atoms with E-state index in [1.54, 1.807) is 0 Å². The van der Waals surface area contributed by atoms with Crippen LogP contribution in [0.2, 0.25) is 0 Å². The predicted molar refractivity (Wildman–Crippen MR) is 113 cm³/mol. The number of imidazole rings is 1. The van der Waals surface area contributed by atoms with Crippen LogP contribution in [-0.4, -0.2) is 35.8 Å². The van der Waals surface area contributed by atoms with Crippen molar-refractivity contribution in [2.45, 2.75) is 51.1 Å². The molecule has 3 aromatic heterocycles. The van der Waals surface area contributed by atoms with Gasteiger partial charge in [0.25, 0.3) is 5.56 Å². The summed E-state index contributed by atoms with van der Waals surface area (Å²) >= 11 is 0. The standard InChI is InChI=1S/C22H25N5O2/c28-10-4-9-26-12-17(20-21(26)22(29)24-13-23-20)15-7-8-19-18(11-15)25-14-27(19)16-5-2-1-3-6-16/h7-8,11-14,16,28H,1-6,9-10H2,(H,23,24,29). The summed E-state index contributed by atoms with van der Waals surface area (Å²) in [5.41, 5.74) is 5.10. The zero-order valence-corrected chi connectivity index (χ0v) is 16.3. The van der Waals surface area contributed by atoms with Gasteiger partial charge in [0, 0.05) is 31.0 Å². The van der Waals surface area contributed by atoms with E-state index in [2.05, 4.69) is 37.7 Å². The lowest BCUT2D eigenvalue weighted by Crippen LogP contribution is -2.11. The van der Waals surface area contributed by atoms with Crippen LogP contribution in [0.25, 0.3) is 33.2 Å². The third kappa shape index (κ3) is 3.15. The largest absolute Gasteiger partial charge is 0.396 e. The SMILES string of the molecule is O=c1[nH]cnc2c(-c3ccc4c(c3)ncn4C3CCCCC3)cn(CCCO)c12. The number of benzene rings is 1. The van der Waals surface area contributed by atoms with Gasteiger partial charge >= 0.3 is 0 Å². The Morgan fingerprint density at radius 1 is 1.17 bits per heavy atom. The summed E-state index contributed by atoms with van der Waals surface area (Å²) < 4.78 is 4.21. The van der Waals surface area contributed by atoms with E-state index in [4.69, 9.17) is 0 Å².